The molecule has 2 aromatic rings. The van der Waals surface area contributed by atoms with Crippen LogP contribution in [0.5, 0.6) is 5.75 Å². The predicted octanol–water partition coefficient (Wildman–Crippen LogP) is 3.31. The van der Waals surface area contributed by atoms with E-state index in [4.69, 9.17) is 4.74 Å². The number of fused-ring (bicyclic) bond motifs is 2. The second-order valence-corrected chi connectivity index (χ2v) is 8.53. The molecule has 0 spiro atoms. The van der Waals surface area contributed by atoms with Crippen LogP contribution in [0.4, 0.5) is 4.39 Å². The molecule has 0 aliphatic carbocycles. The Morgan fingerprint density at radius 1 is 1.30 bits per heavy atom. The number of aliphatic imine (C=N–C) groups is 2. The fourth-order valence-corrected chi connectivity index (χ4v) is 4.87. The van der Waals surface area contributed by atoms with Gasteiger partial charge in [-0.05, 0) is 59.9 Å². The first kappa shape index (κ1) is 21.5. The van der Waals surface area contributed by atoms with Crippen molar-refractivity contribution in [1.82, 2.24) is 10.2 Å². The van der Waals surface area contributed by atoms with Gasteiger partial charge in [-0.15, -0.1) is 0 Å². The standard InChI is InChI=1S/C25H27FN4O3/c1-3-17-20(26)7-6-14-9-16(32)10-18(23(14)17)21-11-22-19(12-27-21)24(29-25(28-22)33-2)30-8-4-5-15(31)13-30/h6-7,9-12,15,22,27,31-32H,3-5,8,13H2,1-2H3. The van der Waals surface area contributed by atoms with Gasteiger partial charge in [0.25, 0.3) is 0 Å². The quantitative estimate of drug-likeness (QED) is 0.653. The van der Waals surface area contributed by atoms with Gasteiger partial charge in [0, 0.05) is 36.1 Å². The lowest BCUT2D eigenvalue weighted by atomic mass is 9.92. The molecule has 1 saturated heterocycles. The number of aryl methyl sites for hydroxylation is 1. The van der Waals surface area contributed by atoms with E-state index in [2.05, 4.69) is 20.2 Å². The van der Waals surface area contributed by atoms with Crippen LogP contribution in [-0.4, -0.2) is 59.3 Å². The van der Waals surface area contributed by atoms with Crippen LogP contribution in [0, 0.1) is 5.82 Å². The average Bonchev–Trinajstić information content (AvgIpc) is 2.82. The summed E-state index contributed by atoms with van der Waals surface area (Å²) in [4.78, 5) is 11.3. The SMILES string of the molecule is CCc1c(F)ccc2cc(O)cc(C3=CC4N=C(OC)N=C(N5CCCC(O)C5)C4=CN3)c12. The molecule has 0 aromatic heterocycles. The summed E-state index contributed by atoms with van der Waals surface area (Å²) in [6.07, 6.45) is 5.60. The summed E-state index contributed by atoms with van der Waals surface area (Å²) < 4.78 is 20.0. The highest BCUT2D eigenvalue weighted by Gasteiger charge is 2.32. The number of dihydropyridines is 1. The molecule has 1 fully saturated rings. The summed E-state index contributed by atoms with van der Waals surface area (Å²) in [5, 5.41) is 25.4. The fourth-order valence-electron chi connectivity index (χ4n) is 4.87. The Morgan fingerprint density at radius 3 is 2.91 bits per heavy atom. The van der Waals surface area contributed by atoms with Gasteiger partial charge in [-0.25, -0.2) is 9.38 Å². The molecule has 172 valence electrons. The van der Waals surface area contributed by atoms with Crippen molar-refractivity contribution >= 4 is 28.3 Å². The van der Waals surface area contributed by atoms with E-state index >= 15 is 0 Å². The third kappa shape index (κ3) is 3.84. The number of benzene rings is 2. The number of aliphatic hydroxyl groups excluding tert-OH is 1. The first-order chi connectivity index (χ1) is 16.0. The van der Waals surface area contributed by atoms with Gasteiger partial charge in [0.2, 0.25) is 0 Å². The molecule has 0 saturated carbocycles. The lowest BCUT2D eigenvalue weighted by Crippen LogP contribution is -2.46. The first-order valence-electron chi connectivity index (χ1n) is 11.2. The summed E-state index contributed by atoms with van der Waals surface area (Å²) in [5.74, 6) is 0.576. The molecule has 7 nitrogen and oxygen atoms in total. The summed E-state index contributed by atoms with van der Waals surface area (Å²) in [6, 6.07) is 6.34. The maximum atomic E-state index is 14.6. The molecular formula is C25H27FN4O3. The number of nitrogens with zero attached hydrogens (tertiary/aromatic N) is 3. The largest absolute Gasteiger partial charge is 0.508 e. The molecule has 3 heterocycles. The average molecular weight is 451 g/mol. The normalized spacial score (nSPS) is 22.6. The number of nitrogens with one attached hydrogen (secondary N) is 1. The minimum absolute atomic E-state index is 0.109. The van der Waals surface area contributed by atoms with Crippen molar-refractivity contribution in [2.45, 2.75) is 38.3 Å². The summed E-state index contributed by atoms with van der Waals surface area (Å²) in [7, 11) is 1.53. The van der Waals surface area contributed by atoms with Crippen molar-refractivity contribution in [2.24, 2.45) is 9.98 Å². The number of β-amino-alcohol motifs (C(OH)–C–C–N with tert-alkyl or cyclic N) is 1. The second kappa shape index (κ2) is 8.51. The molecule has 2 unspecified atom stereocenters. The third-order valence-electron chi connectivity index (χ3n) is 6.41. The maximum absolute atomic E-state index is 14.6. The number of methoxy groups -OCH3 is 1. The molecule has 2 aromatic carbocycles. The molecule has 8 heteroatoms. The first-order valence-corrected chi connectivity index (χ1v) is 11.2. The fraction of sp³-hybridized carbons (Fsp3) is 0.360. The molecule has 3 aliphatic heterocycles. The number of piperidine rings is 1. The number of hydrogen-bond donors (Lipinski definition) is 3. The lowest BCUT2D eigenvalue weighted by Gasteiger charge is -2.36. The Bertz CT molecular complexity index is 1230. The third-order valence-corrected chi connectivity index (χ3v) is 6.41. The number of rotatable bonds is 2. The van der Waals surface area contributed by atoms with Crippen molar-refractivity contribution in [2.75, 3.05) is 20.2 Å². The molecule has 0 bridgehead atoms. The van der Waals surface area contributed by atoms with Crippen LogP contribution in [0.25, 0.3) is 16.5 Å². The molecule has 3 aliphatic rings. The van der Waals surface area contributed by atoms with E-state index in [-0.39, 0.29) is 23.6 Å². The van der Waals surface area contributed by atoms with Crippen LogP contribution >= 0.6 is 0 Å². The highest BCUT2D eigenvalue weighted by Crippen LogP contribution is 2.35. The van der Waals surface area contributed by atoms with Crippen LogP contribution in [-0.2, 0) is 11.2 Å². The number of halogens is 1. The molecule has 3 N–H and O–H groups in total. The van der Waals surface area contributed by atoms with Gasteiger partial charge < -0.3 is 25.2 Å². The Labute approximate surface area is 191 Å². The molecule has 0 radical (unpaired) electrons. The molecular weight excluding hydrogens is 423 g/mol. The number of aromatic hydroxyl groups is 1. The highest BCUT2D eigenvalue weighted by molar-refractivity contribution is 6.09. The van der Waals surface area contributed by atoms with Crippen molar-refractivity contribution in [3.05, 3.63) is 59.1 Å². The number of hydrogen-bond acceptors (Lipinski definition) is 7. The Balaban J connectivity index is 1.58. The molecule has 33 heavy (non-hydrogen) atoms. The summed E-state index contributed by atoms with van der Waals surface area (Å²) >= 11 is 0. The van der Waals surface area contributed by atoms with E-state index in [9.17, 15) is 14.6 Å². The number of phenols is 1. The van der Waals surface area contributed by atoms with E-state index in [1.54, 1.807) is 18.2 Å². The monoisotopic (exact) mass is 450 g/mol. The van der Waals surface area contributed by atoms with Gasteiger partial charge in [-0.2, -0.15) is 4.99 Å². The van der Waals surface area contributed by atoms with Crippen molar-refractivity contribution in [1.29, 1.82) is 0 Å². The topological polar surface area (TPSA) is 89.7 Å². The number of likely N-dealkylation sites (tertiary alicyclic amines) is 1. The van der Waals surface area contributed by atoms with Gasteiger partial charge in [-0.3, -0.25) is 0 Å². The van der Waals surface area contributed by atoms with Gasteiger partial charge in [-0.1, -0.05) is 13.0 Å². The van der Waals surface area contributed by atoms with Crippen LogP contribution in [0.3, 0.4) is 0 Å². The van der Waals surface area contributed by atoms with E-state index < -0.39 is 6.10 Å². The molecule has 2 atom stereocenters. The van der Waals surface area contributed by atoms with Gasteiger partial charge in [0.15, 0.2) is 0 Å². The van der Waals surface area contributed by atoms with Crippen LogP contribution < -0.4 is 5.32 Å². The second-order valence-electron chi connectivity index (χ2n) is 8.53. The maximum Gasteiger partial charge on any atom is 0.314 e. The van der Waals surface area contributed by atoms with Crippen LogP contribution in [0.2, 0.25) is 0 Å². The smallest absolute Gasteiger partial charge is 0.314 e. The zero-order chi connectivity index (χ0) is 23.1. The number of aliphatic hydroxyl groups is 1. The zero-order valence-corrected chi connectivity index (χ0v) is 18.7. The number of phenolic OH excluding ortho intramolecular Hbond substituents is 1. The van der Waals surface area contributed by atoms with Crippen LogP contribution in [0.1, 0.15) is 30.9 Å². The lowest BCUT2D eigenvalue weighted by molar-refractivity contribution is 0.103. The van der Waals surface area contributed by atoms with Crippen molar-refractivity contribution in [3.8, 4) is 5.75 Å². The van der Waals surface area contributed by atoms with E-state index in [0.717, 1.165) is 47.3 Å². The Kier molecular flexibility index (Phi) is 5.54. The highest BCUT2D eigenvalue weighted by atomic mass is 19.1. The van der Waals surface area contributed by atoms with Gasteiger partial charge in [0.1, 0.15) is 23.4 Å². The molecule has 0 amide bonds. The Hall–Kier alpha value is -3.39. The minimum atomic E-state index is -0.394. The van der Waals surface area contributed by atoms with E-state index in [1.165, 1.54) is 13.2 Å². The summed E-state index contributed by atoms with van der Waals surface area (Å²) in [5.41, 5.74) is 2.92. The van der Waals surface area contributed by atoms with Crippen molar-refractivity contribution in [3.63, 3.8) is 0 Å². The number of amidine groups is 2. The predicted molar refractivity (Wildman–Crippen MR) is 127 cm³/mol. The van der Waals surface area contributed by atoms with Gasteiger partial charge in [0.05, 0.1) is 13.2 Å². The Morgan fingerprint density at radius 2 is 2.15 bits per heavy atom. The summed E-state index contributed by atoms with van der Waals surface area (Å²) in [6.45, 7) is 3.22. The van der Waals surface area contributed by atoms with Crippen LogP contribution in [0.15, 0.2) is 52.1 Å². The van der Waals surface area contributed by atoms with E-state index in [0.29, 0.717) is 24.1 Å². The zero-order valence-electron chi connectivity index (χ0n) is 18.7. The van der Waals surface area contributed by atoms with Gasteiger partial charge >= 0.3 is 6.02 Å². The van der Waals surface area contributed by atoms with E-state index in [1.807, 2.05) is 19.2 Å². The minimum Gasteiger partial charge on any atom is -0.508 e. The molecule has 5 rings (SSSR count). The number of ether oxygens (including phenoxy) is 1. The van der Waals surface area contributed by atoms with Crippen molar-refractivity contribution < 1.29 is 19.3 Å².